The molecule has 1 unspecified atom stereocenters. The first-order valence-corrected chi connectivity index (χ1v) is 12.4. The number of nitrogens with zero attached hydrogens (tertiary/aromatic N) is 1. The van der Waals surface area contributed by atoms with Gasteiger partial charge in [0.1, 0.15) is 16.4 Å². The van der Waals surface area contributed by atoms with Gasteiger partial charge in [-0.15, -0.1) is 0 Å². The number of ether oxygens (including phenoxy) is 2. The molecule has 3 aromatic rings. The summed E-state index contributed by atoms with van der Waals surface area (Å²) in [6.07, 6.45) is 0. The van der Waals surface area contributed by atoms with Crippen LogP contribution < -0.4 is 14.8 Å². The zero-order valence-corrected chi connectivity index (χ0v) is 20.8. The van der Waals surface area contributed by atoms with Crippen molar-refractivity contribution in [1.29, 1.82) is 0 Å². The van der Waals surface area contributed by atoms with Crippen LogP contribution in [0.3, 0.4) is 0 Å². The van der Waals surface area contributed by atoms with Crippen LogP contribution in [0.1, 0.15) is 24.1 Å². The minimum Gasteiger partial charge on any atom is -0.496 e. The van der Waals surface area contributed by atoms with Gasteiger partial charge in [-0.25, -0.2) is 8.42 Å². The molecule has 0 aromatic heterocycles. The number of sulfonamides is 1. The molecule has 3 aromatic carbocycles. The van der Waals surface area contributed by atoms with Gasteiger partial charge in [-0.1, -0.05) is 60.1 Å². The number of nitrogens with one attached hydrogen (secondary N) is 1. The van der Waals surface area contributed by atoms with E-state index < -0.39 is 28.5 Å². The predicted molar refractivity (Wildman–Crippen MR) is 132 cm³/mol. The summed E-state index contributed by atoms with van der Waals surface area (Å²) < 4.78 is 39.0. The van der Waals surface area contributed by atoms with Crippen molar-refractivity contribution in [3.63, 3.8) is 0 Å². The second-order valence-electron chi connectivity index (χ2n) is 7.59. The highest BCUT2D eigenvalue weighted by molar-refractivity contribution is 7.89. The Bertz CT molecular complexity index is 1240. The van der Waals surface area contributed by atoms with E-state index in [1.807, 2.05) is 43.3 Å². The number of hydrogen-bond acceptors (Lipinski definition) is 5. The van der Waals surface area contributed by atoms with Gasteiger partial charge in [0.25, 0.3) is 0 Å². The summed E-state index contributed by atoms with van der Waals surface area (Å²) in [4.78, 5) is 12.9. The molecule has 0 saturated heterocycles. The van der Waals surface area contributed by atoms with Crippen molar-refractivity contribution in [1.82, 2.24) is 9.62 Å². The van der Waals surface area contributed by atoms with E-state index in [0.717, 1.165) is 15.4 Å². The van der Waals surface area contributed by atoms with Crippen LogP contribution in [0.15, 0.2) is 77.7 Å². The van der Waals surface area contributed by atoms with Crippen LogP contribution in [0.5, 0.6) is 11.5 Å². The Kier molecular flexibility index (Phi) is 8.55. The lowest BCUT2D eigenvalue weighted by atomic mass is 10.1. The molecule has 180 valence electrons. The largest absolute Gasteiger partial charge is 0.496 e. The van der Waals surface area contributed by atoms with Crippen molar-refractivity contribution in [2.45, 2.75) is 24.4 Å². The summed E-state index contributed by atoms with van der Waals surface area (Å²) >= 11 is 6.09. The highest BCUT2D eigenvalue weighted by Gasteiger charge is 2.30. The van der Waals surface area contributed by atoms with E-state index >= 15 is 0 Å². The minimum absolute atomic E-state index is 0.00466. The van der Waals surface area contributed by atoms with Crippen molar-refractivity contribution >= 4 is 27.5 Å². The van der Waals surface area contributed by atoms with Crippen LogP contribution in [0.25, 0.3) is 0 Å². The van der Waals surface area contributed by atoms with Crippen molar-refractivity contribution in [3.8, 4) is 11.5 Å². The Balaban J connectivity index is 1.90. The van der Waals surface area contributed by atoms with Gasteiger partial charge in [-0.05, 0) is 36.8 Å². The molecule has 34 heavy (non-hydrogen) atoms. The first-order chi connectivity index (χ1) is 16.3. The molecule has 0 saturated carbocycles. The Morgan fingerprint density at radius 1 is 0.971 bits per heavy atom. The molecule has 0 aliphatic heterocycles. The molecule has 0 spiro atoms. The Labute approximate surface area is 205 Å². The van der Waals surface area contributed by atoms with Gasteiger partial charge < -0.3 is 14.8 Å². The van der Waals surface area contributed by atoms with Crippen molar-refractivity contribution in [2.75, 3.05) is 20.8 Å². The number of para-hydroxylation sites is 1. The molecule has 0 fully saturated rings. The fourth-order valence-electron chi connectivity index (χ4n) is 3.55. The van der Waals surface area contributed by atoms with Gasteiger partial charge >= 0.3 is 0 Å². The normalized spacial score (nSPS) is 12.3. The summed E-state index contributed by atoms with van der Waals surface area (Å²) in [7, 11) is -1.20. The molecule has 0 aliphatic rings. The van der Waals surface area contributed by atoms with E-state index in [4.69, 9.17) is 21.1 Å². The molecule has 1 N–H and O–H groups in total. The zero-order chi connectivity index (χ0) is 24.7. The van der Waals surface area contributed by atoms with E-state index in [9.17, 15) is 13.2 Å². The van der Waals surface area contributed by atoms with Gasteiger partial charge in [-0.3, -0.25) is 4.79 Å². The van der Waals surface area contributed by atoms with Crippen LogP contribution >= 0.6 is 11.6 Å². The van der Waals surface area contributed by atoms with Crippen LogP contribution in [-0.4, -0.2) is 39.4 Å². The van der Waals surface area contributed by atoms with Crippen LogP contribution in [-0.2, 0) is 21.4 Å². The lowest BCUT2D eigenvalue weighted by Gasteiger charge is -2.24. The van der Waals surface area contributed by atoms with E-state index in [2.05, 4.69) is 5.32 Å². The Hall–Kier alpha value is -3.07. The third kappa shape index (κ3) is 6.08. The van der Waals surface area contributed by atoms with Crippen LogP contribution in [0.4, 0.5) is 0 Å². The number of carbonyl (C=O) groups excluding carboxylic acids is 1. The van der Waals surface area contributed by atoms with Crippen molar-refractivity contribution < 1.29 is 22.7 Å². The number of amides is 1. The third-order valence-corrected chi connectivity index (χ3v) is 7.30. The summed E-state index contributed by atoms with van der Waals surface area (Å²) in [6, 6.07) is 20.3. The second-order valence-corrected chi connectivity index (χ2v) is 9.93. The highest BCUT2D eigenvalue weighted by Crippen LogP contribution is 2.30. The monoisotopic (exact) mass is 502 g/mol. The number of benzene rings is 3. The fraction of sp³-hybridized carbons (Fsp3) is 0.240. The van der Waals surface area contributed by atoms with E-state index in [0.29, 0.717) is 5.75 Å². The molecule has 3 rings (SSSR count). The number of methoxy groups -OCH3 is 2. The lowest BCUT2D eigenvalue weighted by molar-refractivity contribution is -0.122. The molecule has 9 heteroatoms. The molecule has 0 heterocycles. The summed E-state index contributed by atoms with van der Waals surface area (Å²) in [5.41, 5.74) is 1.52. The topological polar surface area (TPSA) is 84.9 Å². The Morgan fingerprint density at radius 3 is 2.29 bits per heavy atom. The van der Waals surface area contributed by atoms with Gasteiger partial charge in [-0.2, -0.15) is 4.31 Å². The van der Waals surface area contributed by atoms with Crippen LogP contribution in [0.2, 0.25) is 5.02 Å². The molecule has 1 amide bonds. The molecule has 1 atom stereocenters. The van der Waals surface area contributed by atoms with Gasteiger partial charge in [0, 0.05) is 17.1 Å². The minimum atomic E-state index is -4.13. The van der Waals surface area contributed by atoms with E-state index in [-0.39, 0.29) is 22.2 Å². The Morgan fingerprint density at radius 2 is 1.62 bits per heavy atom. The lowest BCUT2D eigenvalue weighted by Crippen LogP contribution is -2.41. The standard InChI is InChI=1S/C25H27ClN2O5S/c1-18(21-11-7-8-12-22(21)32-2)27-25(29)17-28(16-19-9-5-4-6-10-19)34(30,31)24-15-20(26)13-14-23(24)33-3/h4-15,18H,16-17H2,1-3H3,(H,27,29). The van der Waals surface area contributed by atoms with Gasteiger partial charge in [0.05, 0.1) is 26.8 Å². The van der Waals surface area contributed by atoms with E-state index in [1.165, 1.54) is 19.2 Å². The molecule has 0 aliphatic carbocycles. The van der Waals surface area contributed by atoms with Gasteiger partial charge in [0.2, 0.25) is 15.9 Å². The highest BCUT2D eigenvalue weighted by atomic mass is 35.5. The van der Waals surface area contributed by atoms with Crippen molar-refractivity contribution in [3.05, 3.63) is 88.9 Å². The smallest absolute Gasteiger partial charge is 0.247 e. The molecular weight excluding hydrogens is 476 g/mol. The number of hydrogen-bond donors (Lipinski definition) is 1. The second kappa shape index (κ2) is 11.4. The maximum Gasteiger partial charge on any atom is 0.247 e. The summed E-state index contributed by atoms with van der Waals surface area (Å²) in [5, 5.41) is 3.11. The quantitative estimate of drug-likeness (QED) is 0.443. The average molecular weight is 503 g/mol. The maximum absolute atomic E-state index is 13.6. The average Bonchev–Trinajstić information content (AvgIpc) is 2.84. The zero-order valence-electron chi connectivity index (χ0n) is 19.2. The molecule has 0 bridgehead atoms. The van der Waals surface area contributed by atoms with Crippen LogP contribution in [0, 0.1) is 0 Å². The number of halogens is 1. The van der Waals surface area contributed by atoms with Crippen molar-refractivity contribution in [2.24, 2.45) is 0 Å². The third-order valence-electron chi connectivity index (χ3n) is 5.25. The maximum atomic E-state index is 13.6. The summed E-state index contributed by atoms with van der Waals surface area (Å²) in [5.74, 6) is 0.317. The van der Waals surface area contributed by atoms with E-state index in [1.54, 1.807) is 31.4 Å². The first kappa shape index (κ1) is 25.6. The SMILES string of the molecule is COc1ccccc1C(C)NC(=O)CN(Cc1ccccc1)S(=O)(=O)c1cc(Cl)ccc1OC. The molecular formula is C25H27ClN2O5S. The molecule has 0 radical (unpaired) electrons. The first-order valence-electron chi connectivity index (χ1n) is 10.6. The predicted octanol–water partition coefficient (Wildman–Crippen LogP) is 4.43. The number of rotatable bonds is 10. The summed E-state index contributed by atoms with van der Waals surface area (Å²) in [6.45, 7) is 1.41. The van der Waals surface area contributed by atoms with Gasteiger partial charge in [0.15, 0.2) is 0 Å². The number of carbonyl (C=O) groups is 1. The molecule has 7 nitrogen and oxygen atoms in total. The fourth-order valence-corrected chi connectivity index (χ4v) is 5.36.